The average Bonchev–Trinajstić information content (AvgIpc) is 2.97. The Bertz CT molecular complexity index is 852. The predicted molar refractivity (Wildman–Crippen MR) is 102 cm³/mol. The highest BCUT2D eigenvalue weighted by Crippen LogP contribution is 2.27. The van der Waals surface area contributed by atoms with E-state index in [-0.39, 0.29) is 0 Å². The van der Waals surface area contributed by atoms with Crippen molar-refractivity contribution >= 4 is 11.9 Å². The molecule has 1 atom stereocenters. The summed E-state index contributed by atoms with van der Waals surface area (Å²) >= 11 is 0. The minimum atomic E-state index is -1.05. The molecule has 1 amide bonds. The van der Waals surface area contributed by atoms with Crippen molar-refractivity contribution in [3.05, 3.63) is 41.7 Å². The van der Waals surface area contributed by atoms with Crippen LogP contribution in [0.25, 0.3) is 11.4 Å². The second-order valence-corrected chi connectivity index (χ2v) is 8.10. The van der Waals surface area contributed by atoms with Gasteiger partial charge in [0.2, 0.25) is 0 Å². The first kappa shape index (κ1) is 19.1. The van der Waals surface area contributed by atoms with E-state index in [9.17, 15) is 14.7 Å². The molecule has 0 saturated carbocycles. The molecule has 3 rings (SSSR count). The van der Waals surface area contributed by atoms with Gasteiger partial charge in [0.25, 0.3) is 5.91 Å². The predicted octanol–water partition coefficient (Wildman–Crippen LogP) is 2.22. The van der Waals surface area contributed by atoms with Gasteiger partial charge in [0.05, 0.1) is 5.69 Å². The molecule has 1 aromatic carbocycles. The number of carboxylic acid groups (broad SMARTS) is 1. The highest BCUT2D eigenvalue weighted by Gasteiger charge is 2.35. The summed E-state index contributed by atoms with van der Waals surface area (Å²) in [6.07, 6.45) is 0. The van der Waals surface area contributed by atoms with Gasteiger partial charge in [0.15, 0.2) is 5.69 Å². The first-order valence-corrected chi connectivity index (χ1v) is 9.05. The van der Waals surface area contributed by atoms with E-state index in [0.29, 0.717) is 12.2 Å². The SMILES string of the molecule is CN1CCn2c(-c3ccccc3)nc(C(=O)N[C@H](C(=O)O)C(C)(C)C)c2C1. The summed E-state index contributed by atoms with van der Waals surface area (Å²) in [5.41, 5.74) is 1.45. The molecule has 2 N–H and O–H groups in total. The van der Waals surface area contributed by atoms with Gasteiger partial charge >= 0.3 is 5.97 Å². The molecule has 0 bridgehead atoms. The molecule has 0 fully saturated rings. The normalized spacial score (nSPS) is 15.9. The van der Waals surface area contributed by atoms with Gasteiger partial charge in [-0.2, -0.15) is 0 Å². The number of hydrogen-bond donors (Lipinski definition) is 2. The number of carbonyl (C=O) groups excluding carboxylic acids is 1. The molecule has 7 heteroatoms. The summed E-state index contributed by atoms with van der Waals surface area (Å²) in [7, 11) is 2.00. The van der Waals surface area contributed by atoms with Gasteiger partial charge in [-0.3, -0.25) is 9.69 Å². The zero-order chi connectivity index (χ0) is 19.8. The van der Waals surface area contributed by atoms with Crippen LogP contribution in [0.5, 0.6) is 0 Å². The van der Waals surface area contributed by atoms with Crippen LogP contribution in [0.3, 0.4) is 0 Å². The quantitative estimate of drug-likeness (QED) is 0.862. The van der Waals surface area contributed by atoms with Crippen molar-refractivity contribution < 1.29 is 14.7 Å². The van der Waals surface area contributed by atoms with Gasteiger partial charge in [-0.15, -0.1) is 0 Å². The maximum Gasteiger partial charge on any atom is 0.326 e. The molecule has 1 aromatic heterocycles. The third kappa shape index (κ3) is 3.88. The van der Waals surface area contributed by atoms with Crippen LogP contribution in [-0.2, 0) is 17.9 Å². The summed E-state index contributed by atoms with van der Waals surface area (Å²) in [6, 6.07) is 8.74. The summed E-state index contributed by atoms with van der Waals surface area (Å²) in [6.45, 7) is 7.56. The van der Waals surface area contributed by atoms with E-state index in [0.717, 1.165) is 30.2 Å². The Morgan fingerprint density at radius 2 is 1.85 bits per heavy atom. The van der Waals surface area contributed by atoms with Crippen molar-refractivity contribution in [2.45, 2.75) is 39.9 Å². The van der Waals surface area contributed by atoms with Gasteiger partial charge in [0.1, 0.15) is 11.9 Å². The van der Waals surface area contributed by atoms with Gasteiger partial charge in [-0.25, -0.2) is 9.78 Å². The van der Waals surface area contributed by atoms with Crippen LogP contribution in [-0.4, -0.2) is 51.1 Å². The van der Waals surface area contributed by atoms with Crippen molar-refractivity contribution in [2.75, 3.05) is 13.6 Å². The van der Waals surface area contributed by atoms with E-state index in [4.69, 9.17) is 0 Å². The fourth-order valence-electron chi connectivity index (χ4n) is 3.33. The lowest BCUT2D eigenvalue weighted by atomic mass is 9.86. The molecule has 0 radical (unpaired) electrons. The number of nitrogens with zero attached hydrogens (tertiary/aromatic N) is 3. The van der Waals surface area contributed by atoms with Crippen LogP contribution < -0.4 is 5.32 Å². The summed E-state index contributed by atoms with van der Waals surface area (Å²) in [4.78, 5) is 31.3. The lowest BCUT2D eigenvalue weighted by Crippen LogP contribution is -2.49. The zero-order valence-corrected chi connectivity index (χ0v) is 16.2. The number of carbonyl (C=O) groups is 2. The monoisotopic (exact) mass is 370 g/mol. The number of benzene rings is 1. The molecule has 0 aliphatic carbocycles. The molecule has 0 spiro atoms. The number of rotatable bonds is 4. The molecule has 1 aliphatic heterocycles. The Morgan fingerprint density at radius 1 is 1.19 bits per heavy atom. The third-order valence-corrected chi connectivity index (χ3v) is 4.83. The van der Waals surface area contributed by atoms with Crippen LogP contribution in [0.4, 0.5) is 0 Å². The second-order valence-electron chi connectivity index (χ2n) is 8.10. The average molecular weight is 370 g/mol. The van der Waals surface area contributed by atoms with Crippen molar-refractivity contribution in [3.63, 3.8) is 0 Å². The minimum absolute atomic E-state index is 0.302. The van der Waals surface area contributed by atoms with Crippen molar-refractivity contribution in [1.82, 2.24) is 19.8 Å². The number of likely N-dealkylation sites (N-methyl/N-ethyl adjacent to an activating group) is 1. The summed E-state index contributed by atoms with van der Waals surface area (Å²) < 4.78 is 2.07. The third-order valence-electron chi connectivity index (χ3n) is 4.83. The largest absolute Gasteiger partial charge is 0.480 e. The van der Waals surface area contributed by atoms with E-state index in [1.807, 2.05) is 37.4 Å². The molecule has 0 saturated heterocycles. The van der Waals surface area contributed by atoms with Gasteiger partial charge < -0.3 is 15.0 Å². The standard InChI is InChI=1S/C20H26N4O3/c1-20(2,3)16(19(26)27)22-18(25)15-14-12-23(4)10-11-24(14)17(21-15)13-8-6-5-7-9-13/h5-9,16H,10-12H2,1-4H3,(H,22,25)(H,26,27)/t16-/m1/s1. The van der Waals surface area contributed by atoms with Crippen LogP contribution in [0.1, 0.15) is 37.0 Å². The Hall–Kier alpha value is -2.67. The van der Waals surface area contributed by atoms with Crippen molar-refractivity contribution in [3.8, 4) is 11.4 Å². The number of imidazole rings is 1. The molecule has 2 heterocycles. The molecular formula is C20H26N4O3. The molecule has 2 aromatic rings. The van der Waals surface area contributed by atoms with Crippen LogP contribution >= 0.6 is 0 Å². The lowest BCUT2D eigenvalue weighted by Gasteiger charge is -2.28. The highest BCUT2D eigenvalue weighted by atomic mass is 16.4. The van der Waals surface area contributed by atoms with Crippen molar-refractivity contribution in [1.29, 1.82) is 0 Å². The number of carboxylic acids is 1. The number of hydrogen-bond acceptors (Lipinski definition) is 4. The van der Waals surface area contributed by atoms with Crippen molar-refractivity contribution in [2.24, 2.45) is 5.41 Å². The minimum Gasteiger partial charge on any atom is -0.480 e. The van der Waals surface area contributed by atoms with Crippen LogP contribution in [0.15, 0.2) is 30.3 Å². The number of aliphatic carboxylic acids is 1. The van der Waals surface area contributed by atoms with E-state index in [1.165, 1.54) is 0 Å². The fourth-order valence-corrected chi connectivity index (χ4v) is 3.33. The first-order chi connectivity index (χ1) is 12.7. The molecule has 27 heavy (non-hydrogen) atoms. The fraction of sp³-hybridized carbons (Fsp3) is 0.450. The Kier molecular flexibility index (Phi) is 5.06. The molecule has 1 aliphatic rings. The number of fused-ring (bicyclic) bond motifs is 1. The summed E-state index contributed by atoms with van der Waals surface area (Å²) in [5, 5.41) is 12.2. The number of nitrogens with one attached hydrogen (secondary N) is 1. The van der Waals surface area contributed by atoms with E-state index < -0.39 is 23.3 Å². The number of aromatic nitrogens is 2. The highest BCUT2D eigenvalue weighted by molar-refractivity contribution is 5.97. The van der Waals surface area contributed by atoms with Gasteiger partial charge in [-0.1, -0.05) is 51.1 Å². The summed E-state index contributed by atoms with van der Waals surface area (Å²) in [5.74, 6) is -0.755. The van der Waals surface area contributed by atoms with E-state index >= 15 is 0 Å². The molecular weight excluding hydrogens is 344 g/mol. The number of amides is 1. The van der Waals surface area contributed by atoms with Gasteiger partial charge in [-0.05, 0) is 12.5 Å². The Labute approximate surface area is 159 Å². The van der Waals surface area contributed by atoms with Crippen LogP contribution in [0.2, 0.25) is 0 Å². The van der Waals surface area contributed by atoms with Gasteiger partial charge in [0, 0.05) is 25.2 Å². The van der Waals surface area contributed by atoms with E-state index in [2.05, 4.69) is 19.8 Å². The zero-order valence-electron chi connectivity index (χ0n) is 16.2. The van der Waals surface area contributed by atoms with E-state index in [1.54, 1.807) is 20.8 Å². The topological polar surface area (TPSA) is 87.5 Å². The molecule has 0 unspecified atom stereocenters. The Balaban J connectivity index is 2.01. The molecule has 7 nitrogen and oxygen atoms in total. The maximum absolute atomic E-state index is 13.0. The Morgan fingerprint density at radius 3 is 2.44 bits per heavy atom. The maximum atomic E-state index is 13.0. The first-order valence-electron chi connectivity index (χ1n) is 9.05. The lowest BCUT2D eigenvalue weighted by molar-refractivity contribution is -0.142. The smallest absolute Gasteiger partial charge is 0.326 e. The molecule has 144 valence electrons. The van der Waals surface area contributed by atoms with Crippen LogP contribution in [0, 0.1) is 5.41 Å². The second kappa shape index (κ2) is 7.15.